The van der Waals surface area contributed by atoms with Gasteiger partial charge in [0.2, 0.25) is 0 Å². The molecule has 0 spiro atoms. The first-order valence-corrected chi connectivity index (χ1v) is 5.86. The van der Waals surface area contributed by atoms with Crippen LogP contribution < -0.4 is 5.32 Å². The van der Waals surface area contributed by atoms with Crippen molar-refractivity contribution >= 4 is 0 Å². The van der Waals surface area contributed by atoms with Crippen molar-refractivity contribution in [2.75, 3.05) is 6.54 Å². The summed E-state index contributed by atoms with van der Waals surface area (Å²) in [6, 6.07) is 1.99. The van der Waals surface area contributed by atoms with Gasteiger partial charge in [0.25, 0.3) is 0 Å². The van der Waals surface area contributed by atoms with E-state index in [1.54, 1.807) is 17.1 Å². The fraction of sp³-hybridized carbons (Fsp3) is 0.500. The Hall–Kier alpha value is -1.62. The lowest BCUT2D eigenvalue weighted by Crippen LogP contribution is -2.25. The summed E-state index contributed by atoms with van der Waals surface area (Å²) in [5, 5.41) is 11.4. The zero-order valence-corrected chi connectivity index (χ0v) is 10.5. The molecule has 0 amide bonds. The van der Waals surface area contributed by atoms with E-state index in [0.717, 1.165) is 30.0 Å². The molecule has 1 N–H and O–H groups in total. The normalized spacial score (nSPS) is 12.9. The Morgan fingerprint density at radius 1 is 1.53 bits per heavy atom. The molecule has 0 fully saturated rings. The van der Waals surface area contributed by atoms with Crippen molar-refractivity contribution in [3.05, 3.63) is 35.5 Å². The van der Waals surface area contributed by atoms with Crippen molar-refractivity contribution in [1.29, 1.82) is 0 Å². The predicted octanol–water partition coefficient (Wildman–Crippen LogP) is 1.81. The average molecular weight is 234 g/mol. The molecular formula is C12H18N4O. The summed E-state index contributed by atoms with van der Waals surface area (Å²) in [4.78, 5) is 0. The summed E-state index contributed by atoms with van der Waals surface area (Å²) in [6.45, 7) is 5.11. The van der Waals surface area contributed by atoms with E-state index in [-0.39, 0.29) is 6.04 Å². The quantitative estimate of drug-likeness (QED) is 0.857. The van der Waals surface area contributed by atoms with Gasteiger partial charge in [0.15, 0.2) is 0 Å². The molecule has 1 unspecified atom stereocenters. The van der Waals surface area contributed by atoms with Crippen LogP contribution in [0.1, 0.15) is 36.4 Å². The van der Waals surface area contributed by atoms with Gasteiger partial charge in [-0.05, 0) is 31.5 Å². The third-order valence-electron chi connectivity index (χ3n) is 2.81. The van der Waals surface area contributed by atoms with E-state index in [0.29, 0.717) is 0 Å². The van der Waals surface area contributed by atoms with Crippen LogP contribution in [-0.4, -0.2) is 21.5 Å². The van der Waals surface area contributed by atoms with Gasteiger partial charge >= 0.3 is 0 Å². The third-order valence-corrected chi connectivity index (χ3v) is 2.81. The van der Waals surface area contributed by atoms with E-state index >= 15 is 0 Å². The van der Waals surface area contributed by atoms with Gasteiger partial charge < -0.3 is 9.73 Å². The molecule has 2 heterocycles. The average Bonchev–Trinajstić information content (AvgIpc) is 2.90. The van der Waals surface area contributed by atoms with Gasteiger partial charge in [0.1, 0.15) is 11.8 Å². The van der Waals surface area contributed by atoms with Crippen molar-refractivity contribution in [3.8, 4) is 0 Å². The van der Waals surface area contributed by atoms with Crippen LogP contribution in [0.3, 0.4) is 0 Å². The minimum Gasteiger partial charge on any atom is -0.467 e. The van der Waals surface area contributed by atoms with Crippen molar-refractivity contribution in [3.63, 3.8) is 0 Å². The largest absolute Gasteiger partial charge is 0.467 e. The second-order valence-corrected chi connectivity index (χ2v) is 4.14. The highest BCUT2D eigenvalue weighted by atomic mass is 16.3. The molecule has 0 aliphatic rings. The molecule has 92 valence electrons. The number of aromatic nitrogens is 3. The van der Waals surface area contributed by atoms with Crippen LogP contribution in [-0.2, 0) is 7.05 Å². The van der Waals surface area contributed by atoms with Crippen molar-refractivity contribution in [1.82, 2.24) is 20.3 Å². The highest BCUT2D eigenvalue weighted by Crippen LogP contribution is 2.24. The van der Waals surface area contributed by atoms with Gasteiger partial charge in [-0.1, -0.05) is 12.1 Å². The van der Waals surface area contributed by atoms with E-state index in [1.165, 1.54) is 0 Å². The van der Waals surface area contributed by atoms with Crippen LogP contribution in [0.4, 0.5) is 0 Å². The Morgan fingerprint density at radius 3 is 2.88 bits per heavy atom. The van der Waals surface area contributed by atoms with Crippen LogP contribution in [0.2, 0.25) is 0 Å². The summed E-state index contributed by atoms with van der Waals surface area (Å²) in [5.41, 5.74) is 2.15. The second-order valence-electron chi connectivity index (χ2n) is 4.14. The summed E-state index contributed by atoms with van der Waals surface area (Å²) in [7, 11) is 1.89. The molecule has 5 heteroatoms. The zero-order valence-electron chi connectivity index (χ0n) is 10.5. The SMILES string of the molecule is CCCNC(c1occc1C)c1cnnn1C. The third kappa shape index (κ3) is 2.39. The number of rotatable bonds is 5. The van der Waals surface area contributed by atoms with Crippen molar-refractivity contribution in [2.24, 2.45) is 7.05 Å². The number of aryl methyl sites for hydroxylation is 2. The van der Waals surface area contributed by atoms with E-state index in [1.807, 2.05) is 20.0 Å². The van der Waals surface area contributed by atoms with Gasteiger partial charge in [0.05, 0.1) is 18.2 Å². The van der Waals surface area contributed by atoms with E-state index in [2.05, 4.69) is 22.6 Å². The van der Waals surface area contributed by atoms with Crippen molar-refractivity contribution < 1.29 is 4.42 Å². The molecule has 0 aromatic carbocycles. The summed E-state index contributed by atoms with van der Waals surface area (Å²) in [6.07, 6.45) is 4.56. The predicted molar refractivity (Wildman–Crippen MR) is 64.6 cm³/mol. The number of hydrogen-bond donors (Lipinski definition) is 1. The Labute approximate surface area is 101 Å². The minimum absolute atomic E-state index is 0.0185. The first-order valence-electron chi connectivity index (χ1n) is 5.86. The molecule has 17 heavy (non-hydrogen) atoms. The first-order chi connectivity index (χ1) is 8.24. The summed E-state index contributed by atoms with van der Waals surface area (Å²) < 4.78 is 7.34. The smallest absolute Gasteiger partial charge is 0.129 e. The zero-order chi connectivity index (χ0) is 12.3. The van der Waals surface area contributed by atoms with Crippen molar-refractivity contribution in [2.45, 2.75) is 26.3 Å². The molecular weight excluding hydrogens is 216 g/mol. The molecule has 5 nitrogen and oxygen atoms in total. The minimum atomic E-state index is 0.0185. The molecule has 0 saturated heterocycles. The Balaban J connectivity index is 2.32. The molecule has 0 saturated carbocycles. The number of nitrogens with zero attached hydrogens (tertiary/aromatic N) is 3. The highest BCUT2D eigenvalue weighted by molar-refractivity contribution is 5.25. The molecule has 1 atom stereocenters. The van der Waals surface area contributed by atoms with E-state index < -0.39 is 0 Å². The highest BCUT2D eigenvalue weighted by Gasteiger charge is 2.21. The second kappa shape index (κ2) is 5.14. The summed E-state index contributed by atoms with van der Waals surface area (Å²) >= 11 is 0. The van der Waals surface area contributed by atoms with Crippen LogP contribution in [0.15, 0.2) is 22.9 Å². The maximum Gasteiger partial charge on any atom is 0.129 e. The Kier molecular flexibility index (Phi) is 3.58. The van der Waals surface area contributed by atoms with E-state index in [4.69, 9.17) is 4.42 Å². The van der Waals surface area contributed by atoms with Gasteiger partial charge in [0, 0.05) is 7.05 Å². The standard InChI is InChI=1S/C12H18N4O/c1-4-6-13-11(10-8-14-15-16(10)3)12-9(2)5-7-17-12/h5,7-8,11,13H,4,6H2,1-3H3. The van der Waals surface area contributed by atoms with Crippen LogP contribution in [0.25, 0.3) is 0 Å². The molecule has 0 bridgehead atoms. The van der Waals surface area contributed by atoms with E-state index in [9.17, 15) is 0 Å². The lowest BCUT2D eigenvalue weighted by molar-refractivity contribution is 0.429. The topological polar surface area (TPSA) is 55.9 Å². The fourth-order valence-corrected chi connectivity index (χ4v) is 1.86. The van der Waals surface area contributed by atoms with Gasteiger partial charge in [-0.2, -0.15) is 0 Å². The van der Waals surface area contributed by atoms with Gasteiger partial charge in [-0.15, -0.1) is 5.10 Å². The van der Waals surface area contributed by atoms with Crippen LogP contribution >= 0.6 is 0 Å². The summed E-state index contributed by atoms with van der Waals surface area (Å²) in [5.74, 6) is 0.934. The number of nitrogens with one attached hydrogen (secondary N) is 1. The Morgan fingerprint density at radius 2 is 2.35 bits per heavy atom. The maximum atomic E-state index is 5.57. The molecule has 0 radical (unpaired) electrons. The lowest BCUT2D eigenvalue weighted by Gasteiger charge is -2.16. The monoisotopic (exact) mass is 234 g/mol. The number of furan rings is 1. The van der Waals surface area contributed by atoms with Crippen LogP contribution in [0, 0.1) is 6.92 Å². The molecule has 2 aromatic rings. The molecule has 2 rings (SSSR count). The lowest BCUT2D eigenvalue weighted by atomic mass is 10.1. The fourth-order valence-electron chi connectivity index (χ4n) is 1.86. The maximum absolute atomic E-state index is 5.57. The number of hydrogen-bond acceptors (Lipinski definition) is 4. The molecule has 0 aliphatic heterocycles. The van der Waals surface area contributed by atoms with Gasteiger partial charge in [-0.3, -0.25) is 4.68 Å². The van der Waals surface area contributed by atoms with Gasteiger partial charge in [-0.25, -0.2) is 0 Å². The molecule has 2 aromatic heterocycles. The van der Waals surface area contributed by atoms with Crippen LogP contribution in [0.5, 0.6) is 0 Å². The Bertz CT molecular complexity index is 434. The molecule has 0 aliphatic carbocycles. The first kappa shape index (κ1) is 11.9.